The minimum Gasteiger partial charge on any atom is -0.497 e. The van der Waals surface area contributed by atoms with Crippen molar-refractivity contribution in [2.24, 2.45) is 0 Å². The Morgan fingerprint density at radius 1 is 1.08 bits per heavy atom. The van der Waals surface area contributed by atoms with Crippen molar-refractivity contribution in [1.82, 2.24) is 14.8 Å². The third kappa shape index (κ3) is 5.32. The van der Waals surface area contributed by atoms with Gasteiger partial charge >= 0.3 is 5.97 Å². The van der Waals surface area contributed by atoms with Gasteiger partial charge in [-0.15, -0.1) is 21.5 Å². The molecule has 5 rings (SSSR count). The third-order valence-electron chi connectivity index (χ3n) is 6.58. The molecule has 0 radical (unpaired) electrons. The number of nitrogens with zero attached hydrogens (tertiary/aromatic N) is 3. The van der Waals surface area contributed by atoms with Crippen molar-refractivity contribution in [2.75, 3.05) is 25.3 Å². The van der Waals surface area contributed by atoms with Crippen molar-refractivity contribution in [3.05, 3.63) is 76.9 Å². The number of carbonyl (C=O) groups excluding carboxylic acids is 2. The van der Waals surface area contributed by atoms with Crippen molar-refractivity contribution in [1.29, 1.82) is 0 Å². The lowest BCUT2D eigenvalue weighted by molar-refractivity contribution is -0.113. The van der Waals surface area contributed by atoms with Crippen molar-refractivity contribution < 1.29 is 19.1 Å². The largest absolute Gasteiger partial charge is 0.497 e. The Hall–Kier alpha value is -3.63. The van der Waals surface area contributed by atoms with E-state index in [0.717, 1.165) is 35.3 Å². The lowest BCUT2D eigenvalue weighted by Crippen LogP contribution is -2.16. The van der Waals surface area contributed by atoms with Crippen LogP contribution < -0.4 is 10.1 Å². The fourth-order valence-electron chi connectivity index (χ4n) is 4.56. The first kappa shape index (κ1) is 26.0. The smallest absolute Gasteiger partial charge is 0.341 e. The summed E-state index contributed by atoms with van der Waals surface area (Å²) in [6, 6.07) is 17.9. The Labute approximate surface area is 229 Å². The van der Waals surface area contributed by atoms with Crippen molar-refractivity contribution in [3.8, 4) is 16.9 Å². The van der Waals surface area contributed by atoms with Crippen LogP contribution in [0.1, 0.15) is 46.9 Å². The predicted molar refractivity (Wildman–Crippen MR) is 149 cm³/mol. The Morgan fingerprint density at radius 2 is 1.84 bits per heavy atom. The molecule has 2 aromatic carbocycles. The molecular formula is C28H28N4O4S2. The number of thioether (sulfide) groups is 1. The third-order valence-corrected chi connectivity index (χ3v) is 8.44. The monoisotopic (exact) mass is 548 g/mol. The van der Waals surface area contributed by atoms with E-state index in [1.54, 1.807) is 7.11 Å². The summed E-state index contributed by atoms with van der Waals surface area (Å²) in [5.74, 6) is 1.90. The van der Waals surface area contributed by atoms with Gasteiger partial charge in [-0.1, -0.05) is 54.2 Å². The van der Waals surface area contributed by atoms with E-state index in [4.69, 9.17) is 9.47 Å². The van der Waals surface area contributed by atoms with Crippen molar-refractivity contribution in [3.63, 3.8) is 0 Å². The fraction of sp³-hybridized carbons (Fsp3) is 0.286. The zero-order chi connectivity index (χ0) is 26.6. The number of nitrogens with one attached hydrogen (secondary N) is 1. The standard InChI is InChI=1S/C28H28N4O4S2/c1-4-32-25(21-14-20(21)17-8-6-5-7-9-17)30-31-28(32)38-16-23(33)29-26-24(27(34)36-3)22(15-37-26)18-10-12-19(35-2)13-11-18/h5-13,15,20-21H,4,14,16H2,1-3H3,(H,29,33). The first-order chi connectivity index (χ1) is 18.5. The minimum atomic E-state index is -0.507. The molecule has 1 aliphatic carbocycles. The van der Waals surface area contributed by atoms with Gasteiger partial charge in [-0.25, -0.2) is 4.79 Å². The van der Waals surface area contributed by atoms with Gasteiger partial charge < -0.3 is 19.4 Å². The average molecular weight is 549 g/mol. The number of carbonyl (C=O) groups is 2. The SMILES string of the molecule is CCn1c(SCC(=O)Nc2scc(-c3ccc(OC)cc3)c2C(=O)OC)nnc1C1CC1c1ccccc1. The molecule has 2 aromatic heterocycles. The van der Waals surface area contributed by atoms with Crippen LogP contribution in [0.3, 0.4) is 0 Å². The van der Waals surface area contributed by atoms with E-state index in [2.05, 4.69) is 51.3 Å². The molecule has 0 bridgehead atoms. The van der Waals surface area contributed by atoms with Gasteiger partial charge in [0.1, 0.15) is 22.1 Å². The van der Waals surface area contributed by atoms with Gasteiger partial charge in [-0.2, -0.15) is 0 Å². The van der Waals surface area contributed by atoms with Gasteiger partial charge in [-0.05, 0) is 42.5 Å². The number of hydrogen-bond acceptors (Lipinski definition) is 8. The summed E-state index contributed by atoms with van der Waals surface area (Å²) in [6.45, 7) is 2.79. The maximum Gasteiger partial charge on any atom is 0.341 e. The second kappa shape index (κ2) is 11.4. The first-order valence-electron chi connectivity index (χ1n) is 12.3. The van der Waals surface area contributed by atoms with Gasteiger partial charge in [0, 0.05) is 23.4 Å². The number of esters is 1. The molecule has 0 aliphatic heterocycles. The summed E-state index contributed by atoms with van der Waals surface area (Å²) in [5, 5.41) is 14.8. The molecule has 8 nitrogen and oxygen atoms in total. The maximum absolute atomic E-state index is 12.9. The van der Waals surface area contributed by atoms with E-state index in [1.807, 2.05) is 35.7 Å². The summed E-state index contributed by atoms with van der Waals surface area (Å²) in [6.07, 6.45) is 1.05. The number of aromatic nitrogens is 3. The summed E-state index contributed by atoms with van der Waals surface area (Å²) in [4.78, 5) is 25.6. The molecule has 1 aliphatic rings. The lowest BCUT2D eigenvalue weighted by atomic mass is 10.0. The van der Waals surface area contributed by atoms with Crippen LogP contribution in [0.25, 0.3) is 11.1 Å². The Bertz CT molecular complexity index is 1430. The molecule has 2 unspecified atom stereocenters. The first-order valence-corrected chi connectivity index (χ1v) is 14.2. The molecule has 1 amide bonds. The minimum absolute atomic E-state index is 0.140. The Balaban J connectivity index is 1.27. The Morgan fingerprint density at radius 3 is 2.53 bits per heavy atom. The van der Waals surface area contributed by atoms with Gasteiger partial charge in [0.25, 0.3) is 0 Å². The number of ether oxygens (including phenoxy) is 2. The number of thiophene rings is 1. The van der Waals surface area contributed by atoms with Gasteiger partial charge in [-0.3, -0.25) is 4.79 Å². The lowest BCUT2D eigenvalue weighted by Gasteiger charge is -2.09. The van der Waals surface area contributed by atoms with Crippen LogP contribution in [0.4, 0.5) is 5.00 Å². The zero-order valence-corrected chi connectivity index (χ0v) is 23.0. The highest BCUT2D eigenvalue weighted by atomic mass is 32.2. The van der Waals surface area contributed by atoms with Crippen molar-refractivity contribution in [2.45, 2.75) is 36.9 Å². The highest BCUT2D eigenvalue weighted by molar-refractivity contribution is 7.99. The van der Waals surface area contributed by atoms with E-state index in [-0.39, 0.29) is 11.7 Å². The van der Waals surface area contributed by atoms with E-state index in [1.165, 1.54) is 35.8 Å². The summed E-state index contributed by atoms with van der Waals surface area (Å²) in [5.41, 5.74) is 3.18. The molecule has 1 fully saturated rings. The van der Waals surface area contributed by atoms with Gasteiger partial charge in [0.05, 0.1) is 20.0 Å². The molecule has 10 heteroatoms. The number of methoxy groups -OCH3 is 2. The summed E-state index contributed by atoms with van der Waals surface area (Å²) in [7, 11) is 2.93. The number of hydrogen-bond donors (Lipinski definition) is 1. The molecule has 1 saturated carbocycles. The maximum atomic E-state index is 12.9. The van der Waals surface area contributed by atoms with E-state index >= 15 is 0 Å². The second-order valence-corrected chi connectivity index (χ2v) is 10.7. The van der Waals surface area contributed by atoms with E-state index in [0.29, 0.717) is 28.0 Å². The topological polar surface area (TPSA) is 95.3 Å². The quantitative estimate of drug-likeness (QED) is 0.197. The average Bonchev–Trinajstić information content (AvgIpc) is 3.47. The fourth-order valence-corrected chi connectivity index (χ4v) is 6.34. The van der Waals surface area contributed by atoms with Gasteiger partial charge in [0.15, 0.2) is 5.16 Å². The highest BCUT2D eigenvalue weighted by Crippen LogP contribution is 2.54. The van der Waals surface area contributed by atoms with Crippen molar-refractivity contribution >= 4 is 40.0 Å². The molecule has 4 aromatic rings. The second-order valence-electron chi connectivity index (χ2n) is 8.85. The van der Waals surface area contributed by atoms with Crippen LogP contribution >= 0.6 is 23.1 Å². The number of anilines is 1. The molecule has 1 N–H and O–H groups in total. The molecule has 0 spiro atoms. The van der Waals surface area contributed by atoms with Crippen LogP contribution in [0.2, 0.25) is 0 Å². The number of benzene rings is 2. The molecule has 38 heavy (non-hydrogen) atoms. The molecule has 2 heterocycles. The van der Waals surface area contributed by atoms with E-state index in [9.17, 15) is 9.59 Å². The molecular weight excluding hydrogens is 520 g/mol. The van der Waals surface area contributed by atoms with Crippen LogP contribution in [0.5, 0.6) is 5.75 Å². The van der Waals surface area contributed by atoms with Crippen LogP contribution in [0, 0.1) is 0 Å². The predicted octanol–water partition coefficient (Wildman–Crippen LogP) is 5.82. The Kier molecular flexibility index (Phi) is 7.80. The highest BCUT2D eigenvalue weighted by Gasteiger charge is 2.43. The number of amides is 1. The van der Waals surface area contributed by atoms with Gasteiger partial charge in [0.2, 0.25) is 5.91 Å². The molecule has 2 atom stereocenters. The molecule has 0 saturated heterocycles. The van der Waals surface area contributed by atoms with Crippen LogP contribution in [-0.4, -0.2) is 46.6 Å². The summed E-state index contributed by atoms with van der Waals surface area (Å²) >= 11 is 2.63. The van der Waals surface area contributed by atoms with Crippen LogP contribution in [0.15, 0.2) is 65.1 Å². The summed E-state index contributed by atoms with van der Waals surface area (Å²) < 4.78 is 12.3. The normalized spacial score (nSPS) is 16.2. The number of rotatable bonds is 10. The van der Waals surface area contributed by atoms with Crippen LogP contribution in [-0.2, 0) is 16.1 Å². The van der Waals surface area contributed by atoms with E-state index < -0.39 is 5.97 Å². The molecule has 196 valence electrons. The zero-order valence-electron chi connectivity index (χ0n) is 21.3.